The molecule has 1 fully saturated rings. The van der Waals surface area contributed by atoms with Gasteiger partial charge in [-0.05, 0) is 33.7 Å². The Morgan fingerprint density at radius 3 is 2.79 bits per heavy atom. The first-order valence-electron chi connectivity index (χ1n) is 6.57. The molecule has 0 aromatic carbocycles. The first kappa shape index (κ1) is 17.0. The molecule has 19 heavy (non-hydrogen) atoms. The van der Waals surface area contributed by atoms with Gasteiger partial charge in [-0.1, -0.05) is 11.4 Å². The van der Waals surface area contributed by atoms with E-state index in [2.05, 4.69) is 5.09 Å². The van der Waals surface area contributed by atoms with Crippen LogP contribution in [-0.4, -0.2) is 48.2 Å². The van der Waals surface area contributed by atoms with Gasteiger partial charge in [-0.15, -0.1) is 0 Å². The number of nitrogens with two attached hydrogens (primary N) is 1. The van der Waals surface area contributed by atoms with Gasteiger partial charge in [0.05, 0.1) is 6.10 Å². The monoisotopic (exact) mass is 309 g/mol. The summed E-state index contributed by atoms with van der Waals surface area (Å²) in [5.41, 5.74) is 5.48. The Morgan fingerprint density at radius 1 is 1.53 bits per heavy atom. The van der Waals surface area contributed by atoms with Crippen LogP contribution in [0.2, 0.25) is 0 Å². The van der Waals surface area contributed by atoms with E-state index in [0.717, 1.165) is 18.7 Å². The third kappa shape index (κ3) is 5.08. The predicted octanol–water partition coefficient (Wildman–Crippen LogP) is 1.42. The summed E-state index contributed by atoms with van der Waals surface area (Å²) in [6.07, 6.45) is 0.638. The Kier molecular flexibility index (Phi) is 6.83. The van der Waals surface area contributed by atoms with Gasteiger partial charge in [0, 0.05) is 18.8 Å². The quantitative estimate of drug-likeness (QED) is 0.543. The Hall–Kier alpha value is -0.0700. The molecule has 0 spiro atoms. The van der Waals surface area contributed by atoms with Gasteiger partial charge in [0.1, 0.15) is 6.04 Å². The maximum Gasteiger partial charge on any atom is 0.323 e. The van der Waals surface area contributed by atoms with Crippen molar-refractivity contribution in [3.63, 3.8) is 0 Å². The summed E-state index contributed by atoms with van der Waals surface area (Å²) in [5.74, 6) is 0.442. The van der Waals surface area contributed by atoms with Gasteiger partial charge in [0.15, 0.2) is 0 Å². The van der Waals surface area contributed by atoms with Gasteiger partial charge in [0.2, 0.25) is 0 Å². The number of esters is 1. The molecule has 0 aromatic rings. The van der Waals surface area contributed by atoms with E-state index in [0.29, 0.717) is 13.1 Å². The lowest BCUT2D eigenvalue weighted by Gasteiger charge is -2.26. The summed E-state index contributed by atoms with van der Waals surface area (Å²) in [5, 5.41) is 2.95. The zero-order chi connectivity index (χ0) is 14.5. The number of rotatable bonds is 7. The second kappa shape index (κ2) is 7.64. The van der Waals surface area contributed by atoms with Gasteiger partial charge in [-0.2, -0.15) is 0 Å². The molecule has 1 aliphatic rings. The van der Waals surface area contributed by atoms with Gasteiger partial charge >= 0.3 is 5.97 Å². The van der Waals surface area contributed by atoms with Crippen molar-refractivity contribution in [3.05, 3.63) is 0 Å². The molecule has 0 amide bonds. The number of hydrogen-bond donors (Lipinski definition) is 2. The summed E-state index contributed by atoms with van der Waals surface area (Å²) in [4.78, 5) is 11.8. The fourth-order valence-corrected chi connectivity index (χ4v) is 6.87. The van der Waals surface area contributed by atoms with E-state index in [4.69, 9.17) is 10.5 Å². The molecule has 3 N–H and O–H groups in total. The lowest BCUT2D eigenvalue weighted by Crippen LogP contribution is -2.37. The average Bonchev–Trinajstić information content (AvgIpc) is 2.66. The predicted molar refractivity (Wildman–Crippen MR) is 79.1 cm³/mol. The van der Waals surface area contributed by atoms with Crippen LogP contribution < -0.4 is 10.8 Å². The van der Waals surface area contributed by atoms with E-state index in [9.17, 15) is 9.36 Å². The van der Waals surface area contributed by atoms with Crippen molar-refractivity contribution in [2.45, 2.75) is 39.3 Å². The van der Waals surface area contributed by atoms with E-state index in [1.165, 1.54) is 11.4 Å². The van der Waals surface area contributed by atoms with Gasteiger partial charge in [0.25, 0.3) is 6.65 Å². The fraction of sp³-hybridized carbons (Fsp3) is 0.909. The van der Waals surface area contributed by atoms with E-state index in [1.807, 2.05) is 4.67 Å². The lowest BCUT2D eigenvalue weighted by molar-refractivity contribution is -0.148. The Labute approximate surface area is 119 Å². The van der Waals surface area contributed by atoms with Crippen LogP contribution in [0.25, 0.3) is 0 Å². The second-order valence-electron chi connectivity index (χ2n) is 4.79. The number of hydrogen-bond acceptors (Lipinski definition) is 5. The number of ether oxygens (including phenoxy) is 1. The zero-order valence-corrected chi connectivity index (χ0v) is 13.5. The fourth-order valence-electron chi connectivity index (χ4n) is 1.75. The summed E-state index contributed by atoms with van der Waals surface area (Å²) in [6, 6.07) is -0.570. The van der Waals surface area contributed by atoms with Gasteiger partial charge in [-0.3, -0.25) is 9.36 Å². The molecule has 1 unspecified atom stereocenters. The van der Waals surface area contributed by atoms with Crippen LogP contribution in [0.1, 0.15) is 27.2 Å². The molecule has 6 nitrogen and oxygen atoms in total. The van der Waals surface area contributed by atoms with Crippen LogP contribution in [-0.2, 0) is 14.1 Å². The first-order valence-corrected chi connectivity index (χ1v) is 9.82. The van der Waals surface area contributed by atoms with Crippen molar-refractivity contribution in [2.24, 2.45) is 5.73 Å². The summed E-state index contributed by atoms with van der Waals surface area (Å²) < 4.78 is 19.8. The summed E-state index contributed by atoms with van der Waals surface area (Å²) >= 11 is 1.39. The number of nitrogens with one attached hydrogen (secondary N) is 1. The number of nitrogens with zero attached hydrogens (tertiary/aromatic N) is 1. The highest BCUT2D eigenvalue weighted by atomic mass is 32.7. The molecule has 1 saturated heterocycles. The van der Waals surface area contributed by atoms with Gasteiger partial charge < -0.3 is 10.5 Å². The number of carbonyl (C=O) groups is 1. The van der Waals surface area contributed by atoms with Crippen molar-refractivity contribution in [3.8, 4) is 0 Å². The lowest BCUT2D eigenvalue weighted by atomic mass is 10.4. The summed E-state index contributed by atoms with van der Waals surface area (Å²) in [6.45, 7) is 4.59. The largest absolute Gasteiger partial charge is 0.462 e. The van der Waals surface area contributed by atoms with Crippen molar-refractivity contribution >= 4 is 24.0 Å². The van der Waals surface area contributed by atoms with Crippen LogP contribution in [0, 0.1) is 0 Å². The molecule has 112 valence electrons. The molecular weight excluding hydrogens is 285 g/mol. The molecule has 1 aliphatic heterocycles. The van der Waals surface area contributed by atoms with E-state index >= 15 is 0 Å². The number of carbonyl (C=O) groups excluding carboxylic acids is 1. The minimum atomic E-state index is -2.72. The highest BCUT2D eigenvalue weighted by molar-refractivity contribution is 8.57. The molecular formula is C11H24N3O3PS. The normalized spacial score (nSPS) is 25.7. The van der Waals surface area contributed by atoms with Crippen molar-refractivity contribution in [2.75, 3.05) is 25.4 Å². The van der Waals surface area contributed by atoms with Crippen LogP contribution in [0.4, 0.5) is 0 Å². The molecule has 1 heterocycles. The first-order chi connectivity index (χ1) is 8.89. The maximum absolute atomic E-state index is 12.8. The Bertz CT molecular complexity index is 354. The van der Waals surface area contributed by atoms with E-state index in [1.54, 1.807) is 20.8 Å². The molecule has 0 radical (unpaired) electrons. The second-order valence-corrected chi connectivity index (χ2v) is 9.58. The van der Waals surface area contributed by atoms with Gasteiger partial charge in [-0.25, -0.2) is 9.76 Å². The topological polar surface area (TPSA) is 84.7 Å². The van der Waals surface area contributed by atoms with Crippen LogP contribution in [0.5, 0.6) is 0 Å². The minimum absolute atomic E-state index is 0.165. The third-order valence-corrected chi connectivity index (χ3v) is 7.85. The smallest absolute Gasteiger partial charge is 0.323 e. The Balaban J connectivity index is 2.57. The molecule has 0 bridgehead atoms. The standard InChI is InChI=1S/C11H24N3O3PS/c1-9(2)17-11(15)10(3)13-18(16)14(6-4-5-12)7-8-19-18/h9-10H,4-8,12H2,1-3H3,(H,13,16)/t10-,18?/m0/s1. The minimum Gasteiger partial charge on any atom is -0.462 e. The molecule has 0 saturated carbocycles. The molecule has 0 aliphatic carbocycles. The maximum atomic E-state index is 12.8. The van der Waals surface area contributed by atoms with E-state index in [-0.39, 0.29) is 12.1 Å². The highest BCUT2D eigenvalue weighted by Crippen LogP contribution is 2.62. The average molecular weight is 309 g/mol. The summed E-state index contributed by atoms with van der Waals surface area (Å²) in [7, 11) is 0. The third-order valence-electron chi connectivity index (χ3n) is 2.67. The zero-order valence-electron chi connectivity index (χ0n) is 11.8. The SMILES string of the molecule is CC(C)OC(=O)[C@H](C)NP1(=O)SCCN1CCCN. The van der Waals surface area contributed by atoms with Crippen LogP contribution in [0.15, 0.2) is 0 Å². The molecule has 8 heteroatoms. The highest BCUT2D eigenvalue weighted by Gasteiger charge is 2.38. The molecule has 0 aromatic heterocycles. The van der Waals surface area contributed by atoms with Crippen molar-refractivity contribution < 1.29 is 14.1 Å². The van der Waals surface area contributed by atoms with Crippen molar-refractivity contribution in [1.82, 2.24) is 9.76 Å². The van der Waals surface area contributed by atoms with Crippen LogP contribution in [0.3, 0.4) is 0 Å². The van der Waals surface area contributed by atoms with E-state index < -0.39 is 12.7 Å². The molecule has 1 rings (SSSR count). The van der Waals surface area contributed by atoms with Crippen molar-refractivity contribution in [1.29, 1.82) is 0 Å². The van der Waals surface area contributed by atoms with Crippen LogP contribution >= 0.6 is 18.0 Å². The Morgan fingerprint density at radius 2 is 2.21 bits per heavy atom. The molecule has 2 atom stereocenters.